The Balaban J connectivity index is 0.000000736. The van der Waals surface area contributed by atoms with Gasteiger partial charge in [-0.25, -0.2) is 32.9 Å². The van der Waals surface area contributed by atoms with Crippen molar-refractivity contribution in [2.75, 3.05) is 161 Å². The average molecular weight is 1040 g/mol. The Morgan fingerprint density at radius 1 is 0.741 bits per heavy atom. The van der Waals surface area contributed by atoms with E-state index in [1.54, 1.807) is 4.67 Å². The van der Waals surface area contributed by atoms with Crippen LogP contribution in [0.5, 0.6) is 0 Å². The zero-order valence-electron chi connectivity index (χ0n) is 33.5. The Morgan fingerprint density at radius 3 is 1.93 bits per heavy atom. The van der Waals surface area contributed by atoms with Crippen LogP contribution in [-0.2, 0) is 36.4 Å². The second-order valence-electron chi connectivity index (χ2n) is 12.2. The van der Waals surface area contributed by atoms with Crippen LogP contribution >= 0.6 is 98.2 Å². The van der Waals surface area contributed by atoms with E-state index in [0.717, 1.165) is 71.6 Å². The lowest BCUT2D eigenvalue weighted by Crippen LogP contribution is -2.35. The van der Waals surface area contributed by atoms with Crippen LogP contribution in [0.25, 0.3) is 0 Å². The van der Waals surface area contributed by atoms with E-state index in [2.05, 4.69) is 34.8 Å². The summed E-state index contributed by atoms with van der Waals surface area (Å²) < 4.78 is 73.3. The normalized spacial score (nSPS) is 25.8. The first-order valence-electron chi connectivity index (χ1n) is 19.2. The molecule has 19 nitrogen and oxygen atoms in total. The number of hydrogen-bond acceptors (Lipinski definition) is 11. The molecule has 7 N–H and O–H groups in total. The largest absolute Gasteiger partial charge is 0.469 e. The Bertz CT molecular complexity index is 1200. The third kappa shape index (κ3) is 26.9. The maximum Gasteiger partial charge on any atom is 0.469 e. The maximum atomic E-state index is 12.3. The van der Waals surface area contributed by atoms with Crippen LogP contribution in [0.3, 0.4) is 0 Å². The summed E-state index contributed by atoms with van der Waals surface area (Å²) in [6.45, 7) is 13.9. The molecule has 4 heterocycles. The van der Waals surface area contributed by atoms with Crippen molar-refractivity contribution in [3.8, 4) is 0 Å². The first kappa shape index (κ1) is 60.2. The monoisotopic (exact) mass is 1030 g/mol. The van der Waals surface area contributed by atoms with Crippen molar-refractivity contribution in [2.24, 2.45) is 0 Å². The highest BCUT2D eigenvalue weighted by Crippen LogP contribution is 2.59. The molecule has 0 spiro atoms. The maximum absolute atomic E-state index is 12.3. The summed E-state index contributed by atoms with van der Waals surface area (Å²) in [6, 6.07) is 0. The van der Waals surface area contributed by atoms with Gasteiger partial charge in [-0.2, -0.15) is 0 Å². The van der Waals surface area contributed by atoms with Crippen LogP contribution in [0.1, 0.15) is 25.7 Å². The van der Waals surface area contributed by atoms with Crippen molar-refractivity contribution >= 4 is 98.2 Å². The fourth-order valence-corrected chi connectivity index (χ4v) is 12.7. The minimum atomic E-state index is -4.29. The summed E-state index contributed by atoms with van der Waals surface area (Å²) in [6.07, 6.45) is 3.19. The molecule has 4 rings (SSSR count). The van der Waals surface area contributed by atoms with Crippen LogP contribution < -0.4 is 21.0 Å². The van der Waals surface area contributed by atoms with Gasteiger partial charge < -0.3 is 39.7 Å². The molecule has 0 aliphatic carbocycles. The van der Waals surface area contributed by atoms with Crippen LogP contribution in [-0.4, -0.2) is 194 Å². The predicted molar refractivity (Wildman–Crippen MR) is 241 cm³/mol. The summed E-state index contributed by atoms with van der Waals surface area (Å²) in [5.74, 6) is 2.28. The molecule has 0 aromatic carbocycles. The third-order valence-corrected chi connectivity index (χ3v) is 16.0. The highest BCUT2D eigenvalue weighted by molar-refractivity contribution is 7.54. The molecule has 0 aromatic heterocycles. The number of rotatable bonds is 19. The predicted octanol–water partition coefficient (Wildman–Crippen LogP) is 4.29. The zero-order chi connectivity index (χ0) is 43.8. The van der Waals surface area contributed by atoms with E-state index in [1.807, 2.05) is 16.0 Å². The van der Waals surface area contributed by atoms with Gasteiger partial charge in [0.1, 0.15) is 0 Å². The topological polar surface area (TPSA) is 227 Å². The standard InChI is InChI=1S/C7H15Cl2N2O2P.C7H18ClN2O4P.C7H16ClN2O3P.C7H14ClN2O2P.CH5P/c8-2-5-11(6-3-9)14(12)10-4-1-7-13-14;8-2-4-10-6-5-9-3-1-7-14-15(11,12)13;8-2-5-10-6-4-9-3-1-7-13-14(10,11)12;8-2-4-10-6-5-9-3-1-7-12-13(9,10)11;1-2/h1-7H2,(H,10,12);9-10H,1-7H2,(H2,11,12,13);9H,1-7H2,(H,11,12);1-7H2;2H2,1H3. The molecule has 4 aliphatic heterocycles. The molecule has 58 heavy (non-hydrogen) atoms. The lowest BCUT2D eigenvalue weighted by atomic mass is 10.4. The number of alkyl halides is 5. The number of phosphoric acid groups is 1. The summed E-state index contributed by atoms with van der Waals surface area (Å²) in [5.41, 5.74) is 0. The lowest BCUT2D eigenvalue weighted by Gasteiger charge is -2.33. The number of hydrogen-bond donors (Lipinski definition) is 7. The summed E-state index contributed by atoms with van der Waals surface area (Å²) in [4.78, 5) is 26.3. The number of halogens is 5. The van der Waals surface area contributed by atoms with Crippen molar-refractivity contribution < 1.29 is 51.0 Å². The van der Waals surface area contributed by atoms with Crippen LogP contribution in [0.2, 0.25) is 0 Å². The summed E-state index contributed by atoms with van der Waals surface area (Å²) in [5, 5.41) is 12.3. The molecule has 0 bridgehead atoms. The van der Waals surface area contributed by atoms with E-state index in [0.29, 0.717) is 101 Å². The molecular weight excluding hydrogens is 968 g/mol. The van der Waals surface area contributed by atoms with Gasteiger partial charge in [0.25, 0.3) is 0 Å². The van der Waals surface area contributed by atoms with Crippen molar-refractivity contribution in [3.63, 3.8) is 0 Å². The highest BCUT2D eigenvalue weighted by atomic mass is 35.5. The molecule has 4 fully saturated rings. The second kappa shape index (κ2) is 36.4. The van der Waals surface area contributed by atoms with Gasteiger partial charge >= 0.3 is 30.9 Å². The van der Waals surface area contributed by atoms with E-state index in [1.165, 1.54) is 4.67 Å². The van der Waals surface area contributed by atoms with Crippen molar-refractivity contribution in [3.05, 3.63) is 0 Å². The SMILES string of the molecule is CP.O=P(O)(O)OCCCNCCNCCCl.O=P1(N(CCCl)CCCl)NCCCO1.O=P1(O)OCCCNCCN1CCCl.O=P12OCCCN1CCN2CCCl. The van der Waals surface area contributed by atoms with Crippen LogP contribution in [0.4, 0.5) is 0 Å². The molecule has 0 radical (unpaired) electrons. The fourth-order valence-electron chi connectivity index (χ4n) is 5.24. The molecule has 4 aliphatic rings. The van der Waals surface area contributed by atoms with E-state index < -0.39 is 30.9 Å². The van der Waals surface area contributed by atoms with Gasteiger partial charge in [-0.15, -0.1) is 67.2 Å². The molecule has 4 saturated heterocycles. The quantitative estimate of drug-likeness (QED) is 0.0544. The molecular formula is C29H68Cl5N8O11P5. The average Bonchev–Trinajstić information content (AvgIpc) is 3.56. The van der Waals surface area contributed by atoms with Gasteiger partial charge in [-0.05, 0) is 38.8 Å². The molecule has 29 heteroatoms. The first-order valence-corrected chi connectivity index (χ1v) is 29.2. The summed E-state index contributed by atoms with van der Waals surface area (Å²) in [7, 11) is -10.9. The fraction of sp³-hybridized carbons (Fsp3) is 1.00. The Kier molecular flexibility index (Phi) is 37.8. The summed E-state index contributed by atoms with van der Waals surface area (Å²) >= 11 is 27.9. The van der Waals surface area contributed by atoms with Crippen molar-refractivity contribution in [2.45, 2.75) is 25.7 Å². The second-order valence-corrected chi connectivity index (χ2v) is 21.6. The molecule has 0 amide bonds. The Labute approximate surface area is 373 Å². The van der Waals surface area contributed by atoms with E-state index in [9.17, 15) is 23.2 Å². The van der Waals surface area contributed by atoms with Crippen molar-refractivity contribution in [1.82, 2.24) is 39.7 Å². The number of nitrogens with one attached hydrogen (secondary N) is 4. The Hall–Kier alpha value is 2.20. The smallest absolute Gasteiger partial charge is 0.315 e. The minimum Gasteiger partial charge on any atom is -0.315 e. The van der Waals surface area contributed by atoms with E-state index in [-0.39, 0.29) is 6.61 Å². The minimum absolute atomic E-state index is 0.0619. The highest BCUT2D eigenvalue weighted by Gasteiger charge is 2.45. The van der Waals surface area contributed by atoms with Gasteiger partial charge in [0.2, 0.25) is 0 Å². The number of nitrogens with zero attached hydrogens (tertiary/aromatic N) is 4. The third-order valence-electron chi connectivity index (χ3n) is 7.96. The van der Waals surface area contributed by atoms with Crippen molar-refractivity contribution in [1.29, 1.82) is 0 Å². The Morgan fingerprint density at radius 2 is 1.34 bits per heavy atom. The number of phosphoric ester groups is 1. The van der Waals surface area contributed by atoms with Gasteiger partial charge in [0, 0.05) is 114 Å². The lowest BCUT2D eigenvalue weighted by molar-refractivity contribution is 0.194. The zero-order valence-corrected chi connectivity index (χ0v) is 42.0. The molecule has 0 aromatic rings. The molecule has 0 saturated carbocycles. The first-order chi connectivity index (χ1) is 27.7. The van der Waals surface area contributed by atoms with Crippen LogP contribution in [0.15, 0.2) is 0 Å². The van der Waals surface area contributed by atoms with Gasteiger partial charge in [-0.1, -0.05) is 6.66 Å². The number of fused-ring (bicyclic) bond motifs is 1. The molecule has 4 atom stereocenters. The van der Waals surface area contributed by atoms with E-state index >= 15 is 0 Å². The van der Waals surface area contributed by atoms with Gasteiger partial charge in [0.15, 0.2) is 0 Å². The van der Waals surface area contributed by atoms with Gasteiger partial charge in [0.05, 0.1) is 26.4 Å². The van der Waals surface area contributed by atoms with Gasteiger partial charge in [-0.3, -0.25) is 18.2 Å². The molecule has 350 valence electrons. The van der Waals surface area contributed by atoms with Crippen LogP contribution in [0, 0.1) is 0 Å². The van der Waals surface area contributed by atoms with E-state index in [4.69, 9.17) is 81.4 Å². The molecule has 4 unspecified atom stereocenters.